The van der Waals surface area contributed by atoms with Gasteiger partial charge in [-0.25, -0.2) is 4.39 Å². The van der Waals surface area contributed by atoms with Gasteiger partial charge in [-0.2, -0.15) is 0 Å². The van der Waals surface area contributed by atoms with Gasteiger partial charge in [0.05, 0.1) is 15.8 Å². The molecule has 1 aromatic carbocycles. The van der Waals surface area contributed by atoms with Crippen molar-refractivity contribution in [2.24, 2.45) is 0 Å². The van der Waals surface area contributed by atoms with Crippen LogP contribution >= 0.6 is 15.9 Å². The summed E-state index contributed by atoms with van der Waals surface area (Å²) in [6.45, 7) is 1.02. The van der Waals surface area contributed by atoms with Crippen LogP contribution in [0.3, 0.4) is 0 Å². The predicted octanol–water partition coefficient (Wildman–Crippen LogP) is 2.91. The van der Waals surface area contributed by atoms with Crippen LogP contribution in [0.2, 0.25) is 0 Å². The van der Waals surface area contributed by atoms with Crippen molar-refractivity contribution in [2.75, 3.05) is 23.8 Å². The normalized spacial score (nSPS) is 20.2. The minimum Gasteiger partial charge on any atom is -0.397 e. The molecule has 1 aliphatic heterocycles. The number of hydrogen-bond donors (Lipinski definition) is 2. The maximum Gasteiger partial charge on any atom is 0.139 e. The number of benzene rings is 1. The quantitative estimate of drug-likeness (QED) is 0.843. The molecule has 0 amide bonds. The molecule has 1 aliphatic rings. The molecule has 0 aromatic heterocycles. The van der Waals surface area contributed by atoms with Crippen molar-refractivity contribution in [2.45, 2.75) is 31.7 Å². The number of piperidine rings is 1. The second-order valence-electron chi connectivity index (χ2n) is 4.68. The van der Waals surface area contributed by atoms with Crippen LogP contribution < -0.4 is 10.6 Å². The zero-order chi connectivity index (χ0) is 13.1. The largest absolute Gasteiger partial charge is 0.397 e. The fourth-order valence-corrected chi connectivity index (χ4v) is 2.93. The van der Waals surface area contributed by atoms with Crippen molar-refractivity contribution >= 4 is 27.3 Å². The summed E-state index contributed by atoms with van der Waals surface area (Å²) in [7, 11) is 0. The van der Waals surface area contributed by atoms with Crippen LogP contribution in [0.5, 0.6) is 0 Å². The number of aliphatic hydroxyl groups is 1. The maximum atomic E-state index is 13.6. The Bertz CT molecular complexity index is 426. The molecule has 0 bridgehead atoms. The zero-order valence-electron chi connectivity index (χ0n) is 10.2. The third-order valence-electron chi connectivity index (χ3n) is 3.47. The Balaban J connectivity index is 2.30. The molecule has 2 rings (SSSR count). The highest BCUT2D eigenvalue weighted by Gasteiger charge is 2.24. The summed E-state index contributed by atoms with van der Waals surface area (Å²) in [5.74, 6) is -0.299. The Labute approximate surface area is 115 Å². The van der Waals surface area contributed by atoms with Gasteiger partial charge in [-0.15, -0.1) is 0 Å². The van der Waals surface area contributed by atoms with Crippen molar-refractivity contribution in [3.63, 3.8) is 0 Å². The number of nitrogens with zero attached hydrogens (tertiary/aromatic N) is 1. The van der Waals surface area contributed by atoms with Crippen LogP contribution in [0.25, 0.3) is 0 Å². The first-order valence-corrected chi connectivity index (χ1v) is 7.05. The van der Waals surface area contributed by atoms with Gasteiger partial charge >= 0.3 is 0 Å². The molecule has 0 radical (unpaired) electrons. The lowest BCUT2D eigenvalue weighted by molar-refractivity contribution is 0.262. The van der Waals surface area contributed by atoms with Crippen LogP contribution in [0.4, 0.5) is 15.8 Å². The zero-order valence-corrected chi connectivity index (χ0v) is 11.8. The van der Waals surface area contributed by atoms with Crippen LogP contribution in [-0.2, 0) is 0 Å². The second kappa shape index (κ2) is 5.89. The molecule has 0 spiro atoms. The van der Waals surface area contributed by atoms with Gasteiger partial charge in [-0.05, 0) is 47.7 Å². The van der Waals surface area contributed by atoms with E-state index in [1.54, 1.807) is 6.07 Å². The summed E-state index contributed by atoms with van der Waals surface area (Å²) in [5.41, 5.74) is 7.30. The molecule has 5 heteroatoms. The Morgan fingerprint density at radius 2 is 2.22 bits per heavy atom. The second-order valence-corrected chi connectivity index (χ2v) is 5.53. The standard InChI is InChI=1S/C13H18BrFN2O/c14-10-7-12(16)13(8-11(10)15)17-5-2-1-3-9(17)4-6-18/h7-9,18H,1-6,16H2. The van der Waals surface area contributed by atoms with E-state index in [1.807, 2.05) is 0 Å². The summed E-state index contributed by atoms with van der Waals surface area (Å²) in [6, 6.07) is 3.34. The summed E-state index contributed by atoms with van der Waals surface area (Å²) in [5, 5.41) is 9.11. The number of rotatable bonds is 3. The van der Waals surface area contributed by atoms with E-state index in [-0.39, 0.29) is 18.5 Å². The molecule has 0 aliphatic carbocycles. The van der Waals surface area contributed by atoms with E-state index in [1.165, 1.54) is 6.07 Å². The first-order chi connectivity index (χ1) is 8.63. The lowest BCUT2D eigenvalue weighted by Gasteiger charge is -2.38. The Kier molecular flexibility index (Phi) is 4.45. The smallest absolute Gasteiger partial charge is 0.139 e. The van der Waals surface area contributed by atoms with Crippen molar-refractivity contribution < 1.29 is 9.50 Å². The van der Waals surface area contributed by atoms with Gasteiger partial charge in [0.1, 0.15) is 5.82 Å². The minimum atomic E-state index is -0.299. The molecule has 0 saturated carbocycles. The van der Waals surface area contributed by atoms with E-state index >= 15 is 0 Å². The van der Waals surface area contributed by atoms with Crippen LogP contribution in [0.1, 0.15) is 25.7 Å². The van der Waals surface area contributed by atoms with Crippen molar-refractivity contribution in [3.05, 3.63) is 22.4 Å². The molecule has 1 atom stereocenters. The van der Waals surface area contributed by atoms with Crippen molar-refractivity contribution in [1.29, 1.82) is 0 Å². The SMILES string of the molecule is Nc1cc(Br)c(F)cc1N1CCCCC1CCO. The predicted molar refractivity (Wildman–Crippen MR) is 75.2 cm³/mol. The van der Waals surface area contributed by atoms with Crippen LogP contribution in [0, 0.1) is 5.82 Å². The molecule has 1 saturated heterocycles. The van der Waals surface area contributed by atoms with Gasteiger partial charge < -0.3 is 15.7 Å². The van der Waals surface area contributed by atoms with Gasteiger partial charge in [0, 0.05) is 25.3 Å². The van der Waals surface area contributed by atoms with Gasteiger partial charge in [0.25, 0.3) is 0 Å². The summed E-state index contributed by atoms with van der Waals surface area (Å²) < 4.78 is 14.0. The fraction of sp³-hybridized carbons (Fsp3) is 0.538. The van der Waals surface area contributed by atoms with E-state index in [2.05, 4.69) is 20.8 Å². The maximum absolute atomic E-state index is 13.6. The molecular weight excluding hydrogens is 299 g/mol. The lowest BCUT2D eigenvalue weighted by Crippen LogP contribution is -2.40. The Hall–Kier alpha value is -0.810. The lowest BCUT2D eigenvalue weighted by atomic mass is 9.98. The van der Waals surface area contributed by atoms with Crippen LogP contribution in [0.15, 0.2) is 16.6 Å². The molecule has 1 fully saturated rings. The van der Waals surface area contributed by atoms with E-state index in [0.29, 0.717) is 16.6 Å². The third kappa shape index (κ3) is 2.78. The number of hydrogen-bond acceptors (Lipinski definition) is 3. The number of anilines is 2. The van der Waals surface area contributed by atoms with Gasteiger partial charge in [-0.3, -0.25) is 0 Å². The first kappa shape index (κ1) is 13.6. The number of aliphatic hydroxyl groups excluding tert-OH is 1. The average Bonchev–Trinajstić information content (AvgIpc) is 2.35. The Morgan fingerprint density at radius 1 is 1.44 bits per heavy atom. The molecular formula is C13H18BrFN2O. The molecule has 3 nitrogen and oxygen atoms in total. The molecule has 18 heavy (non-hydrogen) atoms. The van der Waals surface area contributed by atoms with Gasteiger partial charge in [0.2, 0.25) is 0 Å². The first-order valence-electron chi connectivity index (χ1n) is 6.25. The average molecular weight is 317 g/mol. The number of halogens is 2. The van der Waals surface area contributed by atoms with E-state index in [9.17, 15) is 4.39 Å². The fourth-order valence-electron chi connectivity index (χ4n) is 2.57. The van der Waals surface area contributed by atoms with E-state index in [0.717, 1.165) is 31.5 Å². The highest BCUT2D eigenvalue weighted by atomic mass is 79.9. The molecule has 1 unspecified atom stereocenters. The summed E-state index contributed by atoms with van der Waals surface area (Å²) >= 11 is 3.14. The van der Waals surface area contributed by atoms with Gasteiger partial charge in [0.15, 0.2) is 0 Å². The number of nitrogens with two attached hydrogens (primary N) is 1. The monoisotopic (exact) mass is 316 g/mol. The van der Waals surface area contributed by atoms with Gasteiger partial charge in [-0.1, -0.05) is 0 Å². The van der Waals surface area contributed by atoms with Crippen molar-refractivity contribution in [3.8, 4) is 0 Å². The molecule has 100 valence electrons. The van der Waals surface area contributed by atoms with Crippen molar-refractivity contribution in [1.82, 2.24) is 0 Å². The topological polar surface area (TPSA) is 49.5 Å². The summed E-state index contributed by atoms with van der Waals surface area (Å²) in [4.78, 5) is 2.13. The molecule has 3 N–H and O–H groups in total. The summed E-state index contributed by atoms with van der Waals surface area (Å²) in [6.07, 6.45) is 3.97. The van der Waals surface area contributed by atoms with E-state index < -0.39 is 0 Å². The third-order valence-corrected chi connectivity index (χ3v) is 4.08. The highest BCUT2D eigenvalue weighted by molar-refractivity contribution is 9.10. The number of nitrogen functional groups attached to an aromatic ring is 1. The molecule has 1 heterocycles. The minimum absolute atomic E-state index is 0.153. The highest BCUT2D eigenvalue weighted by Crippen LogP contribution is 2.34. The Morgan fingerprint density at radius 3 is 2.94 bits per heavy atom. The van der Waals surface area contributed by atoms with Crippen LogP contribution in [-0.4, -0.2) is 24.3 Å². The molecule has 1 aromatic rings. The van der Waals surface area contributed by atoms with E-state index in [4.69, 9.17) is 10.8 Å².